The molecule has 0 aliphatic rings. The van der Waals surface area contributed by atoms with E-state index in [2.05, 4.69) is 5.32 Å². The third kappa shape index (κ3) is 11.9. The molecular weight excluding hydrogens is 269 g/mol. The summed E-state index contributed by atoms with van der Waals surface area (Å²) in [6, 6.07) is -0.633. The lowest BCUT2D eigenvalue weighted by Crippen LogP contribution is -2.39. The average molecular weight is 290 g/mol. The number of carbonyl (C=O) groups is 1. The van der Waals surface area contributed by atoms with Crippen LogP contribution in [0.5, 0.6) is 0 Å². The normalized spacial score (nSPS) is 12.8. The lowest BCUT2D eigenvalue weighted by atomic mass is 10.1. The van der Waals surface area contributed by atoms with Gasteiger partial charge in [-0.2, -0.15) is 0 Å². The zero-order valence-electron chi connectivity index (χ0n) is 9.72. The predicted octanol–water partition coefficient (Wildman–Crippen LogP) is 0.624. The van der Waals surface area contributed by atoms with Crippen LogP contribution in [0.25, 0.3) is 0 Å². The molecule has 6 nitrogen and oxygen atoms in total. The summed E-state index contributed by atoms with van der Waals surface area (Å²) in [6.07, 6.45) is 1.98. The van der Waals surface area contributed by atoms with E-state index < -0.39 is 12.0 Å². The van der Waals surface area contributed by atoms with Crippen molar-refractivity contribution in [1.82, 2.24) is 5.32 Å². The Morgan fingerprint density at radius 3 is 2.59 bits per heavy atom. The van der Waals surface area contributed by atoms with Crippen molar-refractivity contribution in [3.63, 3.8) is 0 Å². The molecule has 0 spiro atoms. The molecule has 0 saturated carbocycles. The first-order valence-corrected chi connectivity index (χ1v) is 4.90. The summed E-state index contributed by atoms with van der Waals surface area (Å²) in [5, 5.41) is 18.4. The zero-order valence-corrected chi connectivity index (χ0v) is 11.4. The highest BCUT2D eigenvalue weighted by Crippen LogP contribution is 1.96. The Morgan fingerprint density at radius 1 is 1.59 bits per heavy atom. The summed E-state index contributed by atoms with van der Waals surface area (Å²) in [6.45, 7) is 2.31. The summed E-state index contributed by atoms with van der Waals surface area (Å²) in [5.41, 5.74) is 5.29. The van der Waals surface area contributed by atoms with Crippen LogP contribution in [0.3, 0.4) is 0 Å². The predicted molar refractivity (Wildman–Crippen MR) is 71.5 cm³/mol. The van der Waals surface area contributed by atoms with E-state index in [0.717, 1.165) is 6.21 Å². The molecule has 0 bridgehead atoms. The van der Waals surface area contributed by atoms with Crippen LogP contribution < -0.4 is 11.1 Å². The summed E-state index contributed by atoms with van der Waals surface area (Å²) < 4.78 is 5.10. The Morgan fingerprint density at radius 2 is 2.18 bits per heavy atom. The van der Waals surface area contributed by atoms with Gasteiger partial charge in [-0.1, -0.05) is 0 Å². The van der Waals surface area contributed by atoms with E-state index in [1.807, 2.05) is 0 Å². The molecule has 0 radical (unpaired) electrons. The number of carboxylic acid groups (broad SMARTS) is 1. The quantitative estimate of drug-likeness (QED) is 0.368. The summed E-state index contributed by atoms with van der Waals surface area (Å²) >= 11 is 0. The van der Waals surface area contributed by atoms with Gasteiger partial charge < -0.3 is 21.0 Å². The van der Waals surface area contributed by atoms with Gasteiger partial charge >= 0.3 is 5.97 Å². The van der Waals surface area contributed by atoms with Crippen LogP contribution in [0.15, 0.2) is 0 Å². The van der Waals surface area contributed by atoms with Crippen LogP contribution >= 0.6 is 24.8 Å². The molecule has 0 heterocycles. The zero-order chi connectivity index (χ0) is 11.7. The maximum Gasteiger partial charge on any atom is 0.320 e. The van der Waals surface area contributed by atoms with E-state index in [9.17, 15) is 4.79 Å². The minimum atomic E-state index is -0.908. The second kappa shape index (κ2) is 13.7. The highest BCUT2D eigenvalue weighted by molar-refractivity contribution is 5.85. The molecule has 0 saturated heterocycles. The van der Waals surface area contributed by atoms with Crippen molar-refractivity contribution in [2.45, 2.75) is 31.9 Å². The summed E-state index contributed by atoms with van der Waals surface area (Å²) in [4.78, 5) is 10.7. The number of rotatable bonds is 9. The third-order valence-corrected chi connectivity index (χ3v) is 1.91. The molecule has 104 valence electrons. The van der Waals surface area contributed by atoms with Crippen LogP contribution in [0.4, 0.5) is 0 Å². The molecule has 17 heavy (non-hydrogen) atoms. The number of nitrogens with one attached hydrogen (secondary N) is 2. The van der Waals surface area contributed by atoms with Crippen molar-refractivity contribution in [3.05, 3.63) is 0 Å². The Balaban J connectivity index is -0.000000980. The number of hydrogen-bond donors (Lipinski definition) is 4. The first kappa shape index (κ1) is 21.8. The highest BCUT2D eigenvalue weighted by Gasteiger charge is 2.15. The molecule has 0 aromatic rings. The minimum absolute atomic E-state index is 0. The van der Waals surface area contributed by atoms with Crippen molar-refractivity contribution in [3.8, 4) is 0 Å². The van der Waals surface area contributed by atoms with Crippen molar-refractivity contribution >= 4 is 37.0 Å². The number of nitrogens with two attached hydrogens (primary N) is 1. The van der Waals surface area contributed by atoms with E-state index in [4.69, 9.17) is 21.0 Å². The highest BCUT2D eigenvalue weighted by atomic mass is 35.5. The van der Waals surface area contributed by atoms with Crippen molar-refractivity contribution in [2.75, 3.05) is 13.3 Å². The molecular formula is C9H21Cl2N3O3. The first-order chi connectivity index (χ1) is 7.11. The second-order valence-electron chi connectivity index (χ2n) is 3.21. The van der Waals surface area contributed by atoms with Gasteiger partial charge in [0.2, 0.25) is 0 Å². The summed E-state index contributed by atoms with van der Waals surface area (Å²) in [5.74, 6) is -0.908. The molecule has 0 amide bonds. The minimum Gasteiger partial charge on any atom is -0.480 e. The number of ether oxygens (including phenoxy) is 1. The van der Waals surface area contributed by atoms with Crippen LogP contribution in [0.1, 0.15) is 19.8 Å². The van der Waals surface area contributed by atoms with E-state index in [0.29, 0.717) is 19.4 Å². The molecule has 8 heteroatoms. The van der Waals surface area contributed by atoms with Crippen molar-refractivity contribution in [1.29, 1.82) is 5.41 Å². The molecule has 2 atom stereocenters. The average Bonchev–Trinajstić information content (AvgIpc) is 2.22. The standard InChI is InChI=1S/C9H19N3O3.2ClH/c1-7(5-11)15-6-12-8(9(13)14)3-2-4-10;;/h5,7-8,11-12H,2-4,6,10H2,1H3,(H,13,14);2*1H/t7?,8-;;/m0../s1. The first-order valence-electron chi connectivity index (χ1n) is 4.90. The van der Waals surface area contributed by atoms with E-state index >= 15 is 0 Å². The van der Waals surface area contributed by atoms with Gasteiger partial charge in [-0.25, -0.2) is 0 Å². The fourth-order valence-corrected chi connectivity index (χ4v) is 0.963. The molecule has 0 aromatic carbocycles. The Bertz CT molecular complexity index is 208. The smallest absolute Gasteiger partial charge is 0.320 e. The largest absolute Gasteiger partial charge is 0.480 e. The Labute approximate surface area is 114 Å². The number of hydrogen-bond acceptors (Lipinski definition) is 5. The monoisotopic (exact) mass is 289 g/mol. The van der Waals surface area contributed by atoms with Crippen LogP contribution in [0.2, 0.25) is 0 Å². The van der Waals surface area contributed by atoms with E-state index in [-0.39, 0.29) is 37.6 Å². The van der Waals surface area contributed by atoms with Gasteiger partial charge in [0.15, 0.2) is 0 Å². The second-order valence-corrected chi connectivity index (χ2v) is 3.21. The van der Waals surface area contributed by atoms with Crippen LogP contribution in [0, 0.1) is 5.41 Å². The van der Waals surface area contributed by atoms with Crippen LogP contribution in [-0.2, 0) is 9.53 Å². The van der Waals surface area contributed by atoms with Crippen molar-refractivity contribution < 1.29 is 14.6 Å². The number of halogens is 2. The van der Waals surface area contributed by atoms with Gasteiger partial charge in [0, 0.05) is 6.21 Å². The molecule has 5 N–H and O–H groups in total. The molecule has 0 aliphatic heterocycles. The maximum atomic E-state index is 10.7. The number of aliphatic carboxylic acids is 1. The molecule has 1 unspecified atom stereocenters. The summed E-state index contributed by atoms with van der Waals surface area (Å²) in [7, 11) is 0. The Hall–Kier alpha value is -0.400. The SMILES string of the molecule is CC(C=N)OCN[C@@H](CCCN)C(=O)O.Cl.Cl. The Kier molecular flexibility index (Phi) is 17.6. The van der Waals surface area contributed by atoms with Gasteiger partial charge in [-0.15, -0.1) is 24.8 Å². The van der Waals surface area contributed by atoms with E-state index in [1.165, 1.54) is 0 Å². The van der Waals surface area contributed by atoms with Crippen molar-refractivity contribution in [2.24, 2.45) is 5.73 Å². The van der Waals surface area contributed by atoms with Gasteiger partial charge in [0.25, 0.3) is 0 Å². The molecule has 0 aliphatic carbocycles. The van der Waals surface area contributed by atoms with E-state index in [1.54, 1.807) is 6.92 Å². The van der Waals surface area contributed by atoms with Gasteiger partial charge in [0.05, 0.1) is 12.8 Å². The lowest BCUT2D eigenvalue weighted by Gasteiger charge is -2.15. The maximum absolute atomic E-state index is 10.7. The fraction of sp³-hybridized carbons (Fsp3) is 0.778. The van der Waals surface area contributed by atoms with Crippen LogP contribution in [-0.4, -0.2) is 42.7 Å². The third-order valence-electron chi connectivity index (χ3n) is 1.91. The number of carboxylic acids is 1. The van der Waals surface area contributed by atoms with Gasteiger partial charge in [0.1, 0.15) is 6.04 Å². The molecule has 0 aromatic heterocycles. The fourth-order valence-electron chi connectivity index (χ4n) is 0.963. The molecule has 0 fully saturated rings. The van der Waals surface area contributed by atoms with Gasteiger partial charge in [-0.05, 0) is 26.3 Å². The topological polar surface area (TPSA) is 108 Å². The lowest BCUT2D eigenvalue weighted by molar-refractivity contribution is -0.140. The van der Waals surface area contributed by atoms with Gasteiger partial charge in [-0.3, -0.25) is 10.1 Å². The molecule has 0 rings (SSSR count).